The van der Waals surface area contributed by atoms with Gasteiger partial charge < -0.3 is 5.11 Å². The van der Waals surface area contributed by atoms with Crippen molar-refractivity contribution in [3.8, 4) is 11.3 Å². The number of nitrogens with zero attached hydrogens (tertiary/aromatic N) is 1. The number of carboxylic acid groups (broad SMARTS) is 1. The number of hydrogen-bond donors (Lipinski definition) is 1. The highest BCUT2D eigenvalue weighted by molar-refractivity contribution is 6.33. The lowest BCUT2D eigenvalue weighted by atomic mass is 9.93. The predicted octanol–water partition coefficient (Wildman–Crippen LogP) is 2.44. The summed E-state index contributed by atoms with van der Waals surface area (Å²) in [7, 11) is 2.00. The Morgan fingerprint density at radius 2 is 2.00 bits per heavy atom. The summed E-state index contributed by atoms with van der Waals surface area (Å²) in [6.45, 7) is 0. The van der Waals surface area contributed by atoms with Gasteiger partial charge in [0.2, 0.25) is 0 Å². The predicted molar refractivity (Wildman–Crippen MR) is 91.7 cm³/mol. The van der Waals surface area contributed by atoms with E-state index in [0.717, 1.165) is 21.9 Å². The minimum Gasteiger partial charge on any atom is -0.481 e. The van der Waals surface area contributed by atoms with Crippen molar-refractivity contribution in [3.05, 3.63) is 59.1 Å². The third kappa shape index (κ3) is 2.97. The molecule has 0 bridgehead atoms. The number of carboxylic acids is 1. The summed E-state index contributed by atoms with van der Waals surface area (Å²) < 4.78 is 0. The van der Waals surface area contributed by atoms with E-state index in [0.29, 0.717) is 16.3 Å². The first-order valence-electron chi connectivity index (χ1n) is 6.91. The molecule has 108 valence electrons. The van der Waals surface area contributed by atoms with Crippen molar-refractivity contribution >= 4 is 41.8 Å². The van der Waals surface area contributed by atoms with Gasteiger partial charge in [-0.05, 0) is 35.2 Å². The molecule has 0 aliphatic rings. The Balaban J connectivity index is 2.26. The van der Waals surface area contributed by atoms with Crippen LogP contribution in [-0.4, -0.2) is 23.9 Å². The average molecular weight is 310 g/mol. The minimum absolute atomic E-state index is 0.0707. The number of aliphatic carboxylic acids is 1. The summed E-state index contributed by atoms with van der Waals surface area (Å²) in [5, 5.41) is 10.7. The van der Waals surface area contributed by atoms with E-state index in [2.05, 4.69) is 4.98 Å². The van der Waals surface area contributed by atoms with Crippen molar-refractivity contribution < 1.29 is 9.90 Å². The van der Waals surface area contributed by atoms with Gasteiger partial charge in [-0.2, -0.15) is 0 Å². The third-order valence-electron chi connectivity index (χ3n) is 3.49. The molecule has 0 aliphatic carbocycles. The van der Waals surface area contributed by atoms with E-state index < -0.39 is 5.97 Å². The Kier molecular flexibility index (Phi) is 3.86. The van der Waals surface area contributed by atoms with E-state index in [4.69, 9.17) is 16.7 Å². The van der Waals surface area contributed by atoms with Gasteiger partial charge in [0, 0.05) is 10.6 Å². The molecule has 1 aromatic heterocycles. The second kappa shape index (κ2) is 5.81. The number of fused-ring (bicyclic) bond motifs is 1. The van der Waals surface area contributed by atoms with E-state index in [9.17, 15) is 4.79 Å². The molecule has 1 N–H and O–H groups in total. The smallest absolute Gasteiger partial charge is 0.307 e. The number of aromatic nitrogens is 1. The molecule has 3 nitrogen and oxygen atoms in total. The number of rotatable bonds is 3. The van der Waals surface area contributed by atoms with Gasteiger partial charge in [-0.3, -0.25) is 4.79 Å². The molecule has 3 aromatic rings. The Morgan fingerprint density at radius 1 is 1.18 bits per heavy atom. The lowest BCUT2D eigenvalue weighted by Crippen LogP contribution is -2.05. The lowest BCUT2D eigenvalue weighted by Gasteiger charge is -2.10. The molecule has 22 heavy (non-hydrogen) atoms. The van der Waals surface area contributed by atoms with Crippen LogP contribution in [0, 0.1) is 0 Å². The SMILES string of the molecule is Bc1ccc2nc(-c3cccc(Cl)c3)c(CC(=O)O)cc2c1. The zero-order valence-corrected chi connectivity index (χ0v) is 12.8. The highest BCUT2D eigenvalue weighted by Crippen LogP contribution is 2.27. The van der Waals surface area contributed by atoms with Crippen LogP contribution in [0.5, 0.6) is 0 Å². The molecule has 0 spiro atoms. The Bertz CT molecular complexity index is 880. The van der Waals surface area contributed by atoms with Crippen LogP contribution in [0.4, 0.5) is 0 Å². The zero-order chi connectivity index (χ0) is 15.7. The van der Waals surface area contributed by atoms with Gasteiger partial charge in [0.05, 0.1) is 17.6 Å². The zero-order valence-electron chi connectivity index (χ0n) is 12.0. The minimum atomic E-state index is -0.878. The summed E-state index contributed by atoms with van der Waals surface area (Å²) in [5.74, 6) is -0.878. The largest absolute Gasteiger partial charge is 0.481 e. The highest BCUT2D eigenvalue weighted by atomic mass is 35.5. The van der Waals surface area contributed by atoms with E-state index in [1.807, 2.05) is 44.2 Å². The molecule has 0 saturated carbocycles. The topological polar surface area (TPSA) is 50.2 Å². The summed E-state index contributed by atoms with van der Waals surface area (Å²) in [6, 6.07) is 15.2. The van der Waals surface area contributed by atoms with Crippen LogP contribution in [0.15, 0.2) is 48.5 Å². The van der Waals surface area contributed by atoms with Crippen LogP contribution < -0.4 is 5.46 Å². The number of halogens is 1. The fourth-order valence-electron chi connectivity index (χ4n) is 2.52. The summed E-state index contributed by atoms with van der Waals surface area (Å²) >= 11 is 6.05. The molecule has 0 aliphatic heterocycles. The normalized spacial score (nSPS) is 10.8. The Labute approximate surface area is 134 Å². The van der Waals surface area contributed by atoms with E-state index in [1.54, 1.807) is 12.1 Å². The Morgan fingerprint density at radius 3 is 2.73 bits per heavy atom. The van der Waals surface area contributed by atoms with Gasteiger partial charge in [0.25, 0.3) is 0 Å². The molecule has 0 fully saturated rings. The summed E-state index contributed by atoms with van der Waals surface area (Å²) in [4.78, 5) is 15.8. The number of carbonyl (C=O) groups is 1. The summed E-state index contributed by atoms with van der Waals surface area (Å²) in [5.41, 5.74) is 4.14. The molecular formula is C17H13BClNO2. The van der Waals surface area contributed by atoms with Crippen LogP contribution in [-0.2, 0) is 11.2 Å². The second-order valence-electron chi connectivity index (χ2n) is 5.27. The maximum atomic E-state index is 11.2. The van der Waals surface area contributed by atoms with Crippen molar-refractivity contribution in [2.45, 2.75) is 6.42 Å². The highest BCUT2D eigenvalue weighted by Gasteiger charge is 2.12. The van der Waals surface area contributed by atoms with Crippen molar-refractivity contribution in [1.82, 2.24) is 4.98 Å². The van der Waals surface area contributed by atoms with Crippen LogP contribution in [0.25, 0.3) is 22.2 Å². The van der Waals surface area contributed by atoms with Crippen molar-refractivity contribution in [2.75, 3.05) is 0 Å². The molecule has 1 heterocycles. The Hall–Kier alpha value is -2.33. The fraction of sp³-hybridized carbons (Fsp3) is 0.0588. The maximum Gasteiger partial charge on any atom is 0.307 e. The molecule has 2 aromatic carbocycles. The van der Waals surface area contributed by atoms with Crippen LogP contribution in [0.2, 0.25) is 5.02 Å². The first-order chi connectivity index (χ1) is 10.5. The number of hydrogen-bond acceptors (Lipinski definition) is 2. The first-order valence-corrected chi connectivity index (χ1v) is 7.29. The molecule has 0 atom stereocenters. The maximum absolute atomic E-state index is 11.2. The molecule has 5 heteroatoms. The average Bonchev–Trinajstić information content (AvgIpc) is 2.45. The fourth-order valence-corrected chi connectivity index (χ4v) is 2.71. The van der Waals surface area contributed by atoms with E-state index in [-0.39, 0.29) is 6.42 Å². The van der Waals surface area contributed by atoms with E-state index >= 15 is 0 Å². The monoisotopic (exact) mass is 309 g/mol. The van der Waals surface area contributed by atoms with Crippen molar-refractivity contribution in [1.29, 1.82) is 0 Å². The van der Waals surface area contributed by atoms with Gasteiger partial charge in [0.15, 0.2) is 0 Å². The molecule has 0 saturated heterocycles. The standard InChI is InChI=1S/C17H13BClNO2/c18-13-4-5-15-11(7-13)6-12(9-16(21)22)17(20-15)10-2-1-3-14(19)8-10/h1-8H,9,18H2,(H,21,22). The van der Waals surface area contributed by atoms with Gasteiger partial charge in [0.1, 0.15) is 7.85 Å². The van der Waals surface area contributed by atoms with E-state index in [1.165, 1.54) is 0 Å². The molecular weight excluding hydrogens is 296 g/mol. The number of benzene rings is 2. The second-order valence-corrected chi connectivity index (χ2v) is 5.71. The van der Waals surface area contributed by atoms with Crippen LogP contribution in [0.1, 0.15) is 5.56 Å². The van der Waals surface area contributed by atoms with Crippen molar-refractivity contribution in [3.63, 3.8) is 0 Å². The first kappa shape index (κ1) is 14.6. The van der Waals surface area contributed by atoms with Crippen molar-refractivity contribution in [2.24, 2.45) is 0 Å². The molecule has 3 rings (SSSR count). The molecule has 0 unspecified atom stereocenters. The summed E-state index contributed by atoms with van der Waals surface area (Å²) in [6.07, 6.45) is -0.0707. The quantitative estimate of drug-likeness (QED) is 0.756. The van der Waals surface area contributed by atoms with Gasteiger partial charge in [-0.1, -0.05) is 41.3 Å². The lowest BCUT2D eigenvalue weighted by molar-refractivity contribution is -0.136. The van der Waals surface area contributed by atoms with Gasteiger partial charge >= 0.3 is 5.97 Å². The number of pyridine rings is 1. The van der Waals surface area contributed by atoms with Gasteiger partial charge in [-0.15, -0.1) is 0 Å². The van der Waals surface area contributed by atoms with Crippen LogP contribution >= 0.6 is 11.6 Å². The third-order valence-corrected chi connectivity index (χ3v) is 3.72. The molecule has 0 amide bonds. The van der Waals surface area contributed by atoms with Gasteiger partial charge in [-0.25, -0.2) is 4.98 Å². The van der Waals surface area contributed by atoms with Crippen LogP contribution in [0.3, 0.4) is 0 Å². The molecule has 0 radical (unpaired) electrons.